The number of rotatable bonds is 1. The molecule has 0 aliphatic heterocycles. The van der Waals surface area contributed by atoms with Crippen LogP contribution in [0.15, 0.2) is 35.1 Å². The van der Waals surface area contributed by atoms with Crippen molar-refractivity contribution in [3.8, 4) is 17.3 Å². The molecule has 0 saturated carbocycles. The van der Waals surface area contributed by atoms with Crippen LogP contribution >= 0.6 is 0 Å². The highest BCUT2D eigenvalue weighted by Crippen LogP contribution is 2.18. The van der Waals surface area contributed by atoms with E-state index in [-0.39, 0.29) is 11.4 Å². The molecule has 0 unspecified atom stereocenters. The summed E-state index contributed by atoms with van der Waals surface area (Å²) < 4.78 is 13.4. The number of hydrogen-bond donors (Lipinski definition) is 1. The van der Waals surface area contributed by atoms with Gasteiger partial charge in [0.1, 0.15) is 17.4 Å². The number of benzene rings is 1. The maximum Gasteiger partial charge on any atom is 0.266 e. The maximum atomic E-state index is 13.4. The molecular weight excluding hydrogens is 219 g/mol. The monoisotopic (exact) mass is 228 g/mol. The van der Waals surface area contributed by atoms with Gasteiger partial charge in [0.05, 0.1) is 0 Å². The normalized spacial score (nSPS) is 9.94. The van der Waals surface area contributed by atoms with Crippen molar-refractivity contribution in [2.75, 3.05) is 0 Å². The van der Waals surface area contributed by atoms with Gasteiger partial charge in [-0.25, -0.2) is 4.39 Å². The number of aromatic nitrogens is 1. The first-order valence-corrected chi connectivity index (χ1v) is 5.02. The fourth-order valence-corrected chi connectivity index (χ4v) is 1.49. The molecule has 0 bridgehead atoms. The summed E-state index contributed by atoms with van der Waals surface area (Å²) in [5, 5.41) is 8.63. The van der Waals surface area contributed by atoms with Gasteiger partial charge in [-0.1, -0.05) is 12.1 Å². The SMILES string of the molecule is Cc1ccc(-c2ccc(C#N)c(=O)[nH]2)cc1F. The third kappa shape index (κ3) is 2.08. The first kappa shape index (κ1) is 11.1. The van der Waals surface area contributed by atoms with E-state index in [1.165, 1.54) is 12.1 Å². The molecule has 0 aliphatic carbocycles. The van der Waals surface area contributed by atoms with Crippen LogP contribution in [-0.4, -0.2) is 4.98 Å². The minimum Gasteiger partial charge on any atom is -0.321 e. The van der Waals surface area contributed by atoms with Gasteiger partial charge in [0.25, 0.3) is 5.56 Å². The Kier molecular flexibility index (Phi) is 2.75. The molecule has 0 saturated heterocycles. The summed E-state index contributed by atoms with van der Waals surface area (Å²) in [5.74, 6) is -0.326. The quantitative estimate of drug-likeness (QED) is 0.814. The molecule has 1 aromatic heterocycles. The van der Waals surface area contributed by atoms with E-state index in [0.717, 1.165) is 0 Å². The lowest BCUT2D eigenvalue weighted by Crippen LogP contribution is -2.10. The largest absolute Gasteiger partial charge is 0.321 e. The van der Waals surface area contributed by atoms with E-state index in [1.807, 2.05) is 0 Å². The van der Waals surface area contributed by atoms with Crippen LogP contribution in [0.25, 0.3) is 11.3 Å². The Balaban J connectivity index is 2.54. The van der Waals surface area contributed by atoms with Crippen LogP contribution < -0.4 is 5.56 Å². The van der Waals surface area contributed by atoms with Crippen LogP contribution in [0, 0.1) is 24.1 Å². The van der Waals surface area contributed by atoms with Crippen LogP contribution in [0.5, 0.6) is 0 Å². The molecule has 0 aliphatic rings. The average Bonchev–Trinajstić information content (AvgIpc) is 2.32. The Bertz CT molecular complexity index is 668. The molecule has 1 N–H and O–H groups in total. The summed E-state index contributed by atoms with van der Waals surface area (Å²) in [5.41, 5.74) is 1.19. The second-order valence-electron chi connectivity index (χ2n) is 3.69. The van der Waals surface area contributed by atoms with Crippen molar-refractivity contribution in [3.05, 3.63) is 57.6 Å². The topological polar surface area (TPSA) is 56.6 Å². The lowest BCUT2D eigenvalue weighted by atomic mass is 10.1. The number of nitrogens with zero attached hydrogens (tertiary/aromatic N) is 1. The smallest absolute Gasteiger partial charge is 0.266 e. The number of H-pyrrole nitrogens is 1. The van der Waals surface area contributed by atoms with Crippen LogP contribution in [0.3, 0.4) is 0 Å². The Labute approximate surface area is 97.2 Å². The molecule has 0 atom stereocenters. The standard InChI is InChI=1S/C13H9FN2O/c1-8-2-3-9(6-11(8)14)12-5-4-10(7-15)13(17)16-12/h2-6H,1H3,(H,16,17). The number of aromatic amines is 1. The van der Waals surface area contributed by atoms with Crippen LogP contribution in [0.1, 0.15) is 11.1 Å². The Morgan fingerprint density at radius 1 is 1.29 bits per heavy atom. The first-order chi connectivity index (χ1) is 8.11. The minimum absolute atomic E-state index is 0.0429. The predicted octanol–water partition coefficient (Wildman–Crippen LogP) is 2.36. The zero-order valence-electron chi connectivity index (χ0n) is 9.12. The van der Waals surface area contributed by atoms with E-state index in [0.29, 0.717) is 16.8 Å². The fraction of sp³-hybridized carbons (Fsp3) is 0.0769. The van der Waals surface area contributed by atoms with Gasteiger partial charge < -0.3 is 4.98 Å². The Morgan fingerprint density at radius 2 is 2.06 bits per heavy atom. The Hall–Kier alpha value is -2.41. The molecule has 2 rings (SSSR count). The molecular formula is C13H9FN2O. The summed E-state index contributed by atoms with van der Waals surface area (Å²) >= 11 is 0. The van der Waals surface area contributed by atoms with Crippen molar-refractivity contribution in [2.24, 2.45) is 0 Å². The van der Waals surface area contributed by atoms with Crippen molar-refractivity contribution in [1.29, 1.82) is 5.26 Å². The van der Waals surface area contributed by atoms with Gasteiger partial charge in [0, 0.05) is 11.3 Å². The molecule has 1 aromatic carbocycles. The average molecular weight is 228 g/mol. The molecule has 3 nitrogen and oxygen atoms in total. The number of pyridine rings is 1. The van der Waals surface area contributed by atoms with Crippen molar-refractivity contribution in [3.63, 3.8) is 0 Å². The number of halogens is 1. The third-order valence-electron chi connectivity index (χ3n) is 2.51. The van der Waals surface area contributed by atoms with Gasteiger partial charge in [-0.15, -0.1) is 0 Å². The van der Waals surface area contributed by atoms with Gasteiger partial charge in [0.15, 0.2) is 0 Å². The summed E-state index contributed by atoms with van der Waals surface area (Å²) in [4.78, 5) is 14.0. The molecule has 2 aromatic rings. The summed E-state index contributed by atoms with van der Waals surface area (Å²) in [6, 6.07) is 9.50. The summed E-state index contributed by atoms with van der Waals surface area (Å²) in [6.45, 7) is 1.67. The van der Waals surface area contributed by atoms with Crippen molar-refractivity contribution < 1.29 is 4.39 Å². The first-order valence-electron chi connectivity index (χ1n) is 5.02. The fourth-order valence-electron chi connectivity index (χ4n) is 1.49. The Morgan fingerprint density at radius 3 is 2.65 bits per heavy atom. The molecule has 84 valence electrons. The van der Waals surface area contributed by atoms with E-state index in [9.17, 15) is 9.18 Å². The molecule has 4 heteroatoms. The molecule has 17 heavy (non-hydrogen) atoms. The van der Waals surface area contributed by atoms with E-state index in [2.05, 4.69) is 4.98 Å². The predicted molar refractivity (Wildman–Crippen MR) is 61.9 cm³/mol. The lowest BCUT2D eigenvalue weighted by molar-refractivity contribution is 0.619. The van der Waals surface area contributed by atoms with Crippen molar-refractivity contribution >= 4 is 0 Å². The number of nitrogens with one attached hydrogen (secondary N) is 1. The van der Waals surface area contributed by atoms with Gasteiger partial charge in [-0.2, -0.15) is 5.26 Å². The summed E-state index contributed by atoms with van der Waals surface area (Å²) in [7, 11) is 0. The molecule has 1 heterocycles. The highest BCUT2D eigenvalue weighted by Gasteiger charge is 2.04. The lowest BCUT2D eigenvalue weighted by Gasteiger charge is -2.03. The number of hydrogen-bond acceptors (Lipinski definition) is 2. The van der Waals surface area contributed by atoms with Gasteiger partial charge in [-0.3, -0.25) is 4.79 Å². The van der Waals surface area contributed by atoms with Gasteiger partial charge in [0.2, 0.25) is 0 Å². The second-order valence-corrected chi connectivity index (χ2v) is 3.69. The van der Waals surface area contributed by atoms with Gasteiger partial charge in [-0.05, 0) is 30.7 Å². The zero-order chi connectivity index (χ0) is 12.4. The van der Waals surface area contributed by atoms with E-state index >= 15 is 0 Å². The van der Waals surface area contributed by atoms with Crippen molar-refractivity contribution in [2.45, 2.75) is 6.92 Å². The van der Waals surface area contributed by atoms with Crippen LogP contribution in [0.4, 0.5) is 4.39 Å². The van der Waals surface area contributed by atoms with Crippen molar-refractivity contribution in [1.82, 2.24) is 4.98 Å². The van der Waals surface area contributed by atoms with Gasteiger partial charge >= 0.3 is 0 Å². The van der Waals surface area contributed by atoms with E-state index in [4.69, 9.17) is 5.26 Å². The van der Waals surface area contributed by atoms with Crippen LogP contribution in [-0.2, 0) is 0 Å². The summed E-state index contributed by atoms with van der Waals surface area (Å²) in [6.07, 6.45) is 0. The molecule has 0 fully saturated rings. The molecule has 0 spiro atoms. The maximum absolute atomic E-state index is 13.4. The van der Waals surface area contributed by atoms with E-state index < -0.39 is 5.56 Å². The van der Waals surface area contributed by atoms with E-state index in [1.54, 1.807) is 31.2 Å². The highest BCUT2D eigenvalue weighted by atomic mass is 19.1. The minimum atomic E-state index is -0.467. The second kappa shape index (κ2) is 4.22. The molecule has 0 amide bonds. The third-order valence-corrected chi connectivity index (χ3v) is 2.51. The highest BCUT2D eigenvalue weighted by molar-refractivity contribution is 5.60. The number of nitriles is 1. The zero-order valence-corrected chi connectivity index (χ0v) is 9.12. The molecule has 0 radical (unpaired) electrons. The van der Waals surface area contributed by atoms with Crippen LogP contribution in [0.2, 0.25) is 0 Å². The number of aryl methyl sites for hydroxylation is 1.